The molecule has 2 N–H and O–H groups in total. The SMILES string of the molecule is CC(C(=O)Nc1ccc(Nc2cc(N(C)C)cnn2)cc1)N1C(=O)c2ccccc2C1=O. The van der Waals surface area contributed by atoms with Crippen molar-refractivity contribution in [2.24, 2.45) is 0 Å². The largest absolute Gasteiger partial charge is 0.376 e. The van der Waals surface area contributed by atoms with E-state index in [0.717, 1.165) is 16.3 Å². The summed E-state index contributed by atoms with van der Waals surface area (Å²) < 4.78 is 0. The maximum atomic E-state index is 12.7. The number of hydrogen-bond acceptors (Lipinski definition) is 7. The van der Waals surface area contributed by atoms with E-state index < -0.39 is 23.8 Å². The molecule has 0 spiro atoms. The minimum absolute atomic E-state index is 0.314. The average molecular weight is 430 g/mol. The molecule has 1 aliphatic rings. The van der Waals surface area contributed by atoms with E-state index in [2.05, 4.69) is 20.8 Å². The topological polar surface area (TPSA) is 108 Å². The second kappa shape index (κ2) is 8.46. The number of nitrogens with one attached hydrogen (secondary N) is 2. The lowest BCUT2D eigenvalue weighted by Gasteiger charge is -2.21. The van der Waals surface area contributed by atoms with Gasteiger partial charge in [-0.3, -0.25) is 19.3 Å². The normalized spacial score (nSPS) is 13.5. The van der Waals surface area contributed by atoms with E-state index in [9.17, 15) is 14.4 Å². The molecular formula is C23H22N6O3. The van der Waals surface area contributed by atoms with Crippen LogP contribution >= 0.6 is 0 Å². The average Bonchev–Trinajstić information content (AvgIpc) is 3.05. The van der Waals surface area contributed by atoms with Gasteiger partial charge in [0.25, 0.3) is 11.8 Å². The van der Waals surface area contributed by atoms with Gasteiger partial charge >= 0.3 is 0 Å². The van der Waals surface area contributed by atoms with Crippen LogP contribution in [-0.4, -0.2) is 53.0 Å². The van der Waals surface area contributed by atoms with Crippen molar-refractivity contribution in [3.8, 4) is 0 Å². The van der Waals surface area contributed by atoms with Crippen LogP contribution in [0, 0.1) is 0 Å². The summed E-state index contributed by atoms with van der Waals surface area (Å²) in [6.45, 7) is 1.53. The van der Waals surface area contributed by atoms with Gasteiger partial charge in [0.15, 0.2) is 5.82 Å². The summed E-state index contributed by atoms with van der Waals surface area (Å²) in [6, 6.07) is 14.5. The summed E-state index contributed by atoms with van der Waals surface area (Å²) in [5.41, 5.74) is 2.84. The Labute approximate surface area is 185 Å². The van der Waals surface area contributed by atoms with Crippen molar-refractivity contribution in [3.63, 3.8) is 0 Å². The maximum Gasteiger partial charge on any atom is 0.262 e. The van der Waals surface area contributed by atoms with E-state index in [1.54, 1.807) is 54.7 Å². The van der Waals surface area contributed by atoms with Gasteiger partial charge in [0.1, 0.15) is 6.04 Å². The molecule has 3 amide bonds. The lowest BCUT2D eigenvalue weighted by Crippen LogP contribution is -2.45. The fourth-order valence-corrected chi connectivity index (χ4v) is 3.37. The molecule has 1 aromatic heterocycles. The van der Waals surface area contributed by atoms with Gasteiger partial charge in [-0.2, -0.15) is 5.10 Å². The predicted molar refractivity (Wildman–Crippen MR) is 121 cm³/mol. The quantitative estimate of drug-likeness (QED) is 0.579. The molecule has 4 rings (SSSR count). The molecule has 0 aliphatic carbocycles. The van der Waals surface area contributed by atoms with Crippen LogP contribution in [0.15, 0.2) is 60.8 Å². The standard InChI is InChI=1S/C23H22N6O3/c1-14(29-22(31)18-6-4-5-7-19(18)23(29)32)21(30)26-16-10-8-15(9-11-16)25-20-12-17(28(2)3)13-24-27-20/h4-14H,1-3H3,(H,25,27)(H,26,30). The molecule has 2 aromatic carbocycles. The van der Waals surface area contributed by atoms with Gasteiger partial charge in [0, 0.05) is 31.5 Å². The Morgan fingerprint density at radius 1 is 0.969 bits per heavy atom. The van der Waals surface area contributed by atoms with Gasteiger partial charge in [-0.15, -0.1) is 5.10 Å². The number of amides is 3. The molecular weight excluding hydrogens is 408 g/mol. The van der Waals surface area contributed by atoms with Gasteiger partial charge in [0.05, 0.1) is 23.0 Å². The molecule has 0 radical (unpaired) electrons. The van der Waals surface area contributed by atoms with Gasteiger partial charge < -0.3 is 15.5 Å². The first-order valence-corrected chi connectivity index (χ1v) is 10.00. The Kier molecular flexibility index (Phi) is 5.55. The molecule has 3 aromatic rings. The summed E-state index contributed by atoms with van der Waals surface area (Å²) >= 11 is 0. The first kappa shape index (κ1) is 21.0. The second-order valence-corrected chi connectivity index (χ2v) is 7.59. The molecule has 1 unspecified atom stereocenters. The molecule has 0 bridgehead atoms. The molecule has 162 valence electrons. The molecule has 1 aliphatic heterocycles. The molecule has 0 fully saturated rings. The van der Waals surface area contributed by atoms with E-state index in [1.165, 1.54) is 6.92 Å². The highest BCUT2D eigenvalue weighted by Crippen LogP contribution is 2.25. The number of aromatic nitrogens is 2. The number of nitrogens with zero attached hydrogens (tertiary/aromatic N) is 4. The van der Waals surface area contributed by atoms with Gasteiger partial charge in [0.2, 0.25) is 5.91 Å². The van der Waals surface area contributed by atoms with Crippen LogP contribution in [-0.2, 0) is 4.79 Å². The van der Waals surface area contributed by atoms with E-state index in [-0.39, 0.29) is 0 Å². The minimum Gasteiger partial charge on any atom is -0.376 e. The fourth-order valence-electron chi connectivity index (χ4n) is 3.37. The summed E-state index contributed by atoms with van der Waals surface area (Å²) in [4.78, 5) is 40.8. The van der Waals surface area contributed by atoms with Crippen molar-refractivity contribution in [1.29, 1.82) is 0 Å². The third kappa shape index (κ3) is 4.00. The number of carbonyl (C=O) groups excluding carboxylic acids is 3. The zero-order valence-corrected chi connectivity index (χ0v) is 17.9. The van der Waals surface area contributed by atoms with Crippen LogP contribution in [0.3, 0.4) is 0 Å². The van der Waals surface area contributed by atoms with E-state index >= 15 is 0 Å². The minimum atomic E-state index is -0.954. The van der Waals surface area contributed by atoms with Crippen molar-refractivity contribution in [1.82, 2.24) is 15.1 Å². The highest BCUT2D eigenvalue weighted by atomic mass is 16.2. The van der Waals surface area contributed by atoms with Crippen molar-refractivity contribution >= 4 is 40.6 Å². The third-order valence-corrected chi connectivity index (χ3v) is 5.17. The Bertz CT molecular complexity index is 1160. The van der Waals surface area contributed by atoms with Crippen LogP contribution < -0.4 is 15.5 Å². The Hall–Kier alpha value is -4.27. The number of hydrogen-bond donors (Lipinski definition) is 2. The lowest BCUT2D eigenvalue weighted by atomic mass is 10.1. The molecule has 9 nitrogen and oxygen atoms in total. The lowest BCUT2D eigenvalue weighted by molar-refractivity contribution is -0.119. The molecule has 0 saturated carbocycles. The number of anilines is 4. The molecule has 32 heavy (non-hydrogen) atoms. The summed E-state index contributed by atoms with van der Waals surface area (Å²) in [7, 11) is 3.84. The van der Waals surface area contributed by atoms with Crippen LogP contribution in [0.2, 0.25) is 0 Å². The maximum absolute atomic E-state index is 12.7. The van der Waals surface area contributed by atoms with Crippen molar-refractivity contribution in [2.75, 3.05) is 29.6 Å². The first-order valence-electron chi connectivity index (χ1n) is 10.00. The van der Waals surface area contributed by atoms with Gasteiger partial charge in [-0.05, 0) is 43.3 Å². The molecule has 2 heterocycles. The summed E-state index contributed by atoms with van der Waals surface area (Å²) in [5, 5.41) is 13.9. The van der Waals surface area contributed by atoms with Crippen LogP contribution in [0.25, 0.3) is 0 Å². The van der Waals surface area contributed by atoms with Crippen LogP contribution in [0.4, 0.5) is 22.9 Å². The number of fused-ring (bicyclic) bond motifs is 1. The number of carbonyl (C=O) groups is 3. The fraction of sp³-hybridized carbons (Fsp3) is 0.174. The van der Waals surface area contributed by atoms with Crippen molar-refractivity contribution in [3.05, 3.63) is 71.9 Å². The first-order chi connectivity index (χ1) is 15.3. The Morgan fingerprint density at radius 3 is 2.16 bits per heavy atom. The van der Waals surface area contributed by atoms with E-state index in [1.807, 2.05) is 25.1 Å². The number of imide groups is 1. The second-order valence-electron chi connectivity index (χ2n) is 7.59. The zero-order valence-electron chi connectivity index (χ0n) is 17.9. The van der Waals surface area contributed by atoms with Crippen LogP contribution in [0.5, 0.6) is 0 Å². The molecule has 0 saturated heterocycles. The monoisotopic (exact) mass is 430 g/mol. The molecule has 9 heteroatoms. The summed E-state index contributed by atoms with van der Waals surface area (Å²) in [5.74, 6) is -0.792. The number of rotatable bonds is 6. The van der Waals surface area contributed by atoms with Crippen molar-refractivity contribution < 1.29 is 14.4 Å². The highest BCUT2D eigenvalue weighted by molar-refractivity contribution is 6.23. The number of benzene rings is 2. The smallest absolute Gasteiger partial charge is 0.262 e. The predicted octanol–water partition coefficient (Wildman–Crippen LogP) is 2.91. The van der Waals surface area contributed by atoms with Gasteiger partial charge in [-0.1, -0.05) is 12.1 Å². The molecule has 1 atom stereocenters. The van der Waals surface area contributed by atoms with Crippen LogP contribution in [0.1, 0.15) is 27.6 Å². The zero-order chi connectivity index (χ0) is 22.8. The van der Waals surface area contributed by atoms with E-state index in [4.69, 9.17) is 0 Å². The van der Waals surface area contributed by atoms with Gasteiger partial charge in [-0.25, -0.2) is 0 Å². The highest BCUT2D eigenvalue weighted by Gasteiger charge is 2.40. The summed E-state index contributed by atoms with van der Waals surface area (Å²) in [6.07, 6.45) is 1.67. The third-order valence-electron chi connectivity index (χ3n) is 5.17. The van der Waals surface area contributed by atoms with E-state index in [0.29, 0.717) is 22.6 Å². The van der Waals surface area contributed by atoms with Crippen molar-refractivity contribution in [2.45, 2.75) is 13.0 Å². The Morgan fingerprint density at radius 2 is 1.56 bits per heavy atom. The Balaban J connectivity index is 1.41.